The molecule has 1 aromatic carbocycles. The first-order chi connectivity index (χ1) is 18.1. The molecule has 0 atom stereocenters. The standard InChI is InChI=1S/C23H25N7O7S/c1-3-24-20(32)15-10-25-22(38-15)12-5-4-6-13(18(12)37-2)26-14-9-16(27-19(31)11-7-8-11)29-30-17(14)21(33)28-23(34,35)36/h4-6,9-11,34-36H,3,7-8H2,1-2H3,(H,24,32)(H,28,33)(H2,26,27,29,31). The van der Waals surface area contributed by atoms with Crippen LogP contribution in [0.3, 0.4) is 0 Å². The topological polar surface area (TPSA) is 208 Å². The number of para-hydroxylation sites is 1. The number of carbonyl (C=O) groups is 3. The molecule has 15 heteroatoms. The molecule has 0 bridgehead atoms. The van der Waals surface area contributed by atoms with Gasteiger partial charge in [0.15, 0.2) is 17.3 Å². The van der Waals surface area contributed by atoms with Gasteiger partial charge in [0.1, 0.15) is 9.88 Å². The van der Waals surface area contributed by atoms with Crippen LogP contribution in [-0.4, -0.2) is 68.0 Å². The summed E-state index contributed by atoms with van der Waals surface area (Å²) in [5.41, 5.74) is 0.486. The number of aromatic nitrogens is 3. The molecule has 1 aliphatic rings. The van der Waals surface area contributed by atoms with Crippen molar-refractivity contribution >= 4 is 46.3 Å². The summed E-state index contributed by atoms with van der Waals surface area (Å²) in [4.78, 5) is 41.7. The normalized spacial score (nSPS) is 13.0. The average Bonchev–Trinajstić information content (AvgIpc) is 3.59. The van der Waals surface area contributed by atoms with Gasteiger partial charge in [0, 0.05) is 18.5 Å². The van der Waals surface area contributed by atoms with Gasteiger partial charge in [-0.3, -0.25) is 19.7 Å². The first kappa shape index (κ1) is 26.9. The molecule has 1 aliphatic carbocycles. The summed E-state index contributed by atoms with van der Waals surface area (Å²) in [6.45, 7) is 2.28. The van der Waals surface area contributed by atoms with E-state index in [0.717, 1.165) is 24.2 Å². The molecule has 0 radical (unpaired) electrons. The number of thiazole rings is 1. The highest BCUT2D eigenvalue weighted by Gasteiger charge is 2.31. The zero-order valence-electron chi connectivity index (χ0n) is 20.3. The van der Waals surface area contributed by atoms with E-state index in [1.807, 2.05) is 6.92 Å². The molecular weight excluding hydrogens is 518 g/mol. The first-order valence-corrected chi connectivity index (χ1v) is 12.3. The van der Waals surface area contributed by atoms with Crippen LogP contribution in [0.15, 0.2) is 30.5 Å². The number of carbonyl (C=O) groups excluding carboxylic acids is 3. The van der Waals surface area contributed by atoms with Crippen molar-refractivity contribution in [2.24, 2.45) is 5.92 Å². The fraction of sp³-hybridized carbons (Fsp3) is 0.304. The predicted molar refractivity (Wildman–Crippen MR) is 136 cm³/mol. The highest BCUT2D eigenvalue weighted by atomic mass is 32.1. The zero-order chi connectivity index (χ0) is 27.4. The van der Waals surface area contributed by atoms with Gasteiger partial charge in [-0.15, -0.1) is 21.5 Å². The number of ether oxygens (including phenoxy) is 1. The van der Waals surface area contributed by atoms with E-state index in [1.165, 1.54) is 19.4 Å². The summed E-state index contributed by atoms with van der Waals surface area (Å²) < 4.78 is 5.61. The molecule has 3 aromatic rings. The lowest BCUT2D eigenvalue weighted by Crippen LogP contribution is -2.48. The minimum absolute atomic E-state index is 0.00504. The SMILES string of the molecule is CCNC(=O)c1cnc(-c2cccc(Nc3cc(NC(=O)C4CC4)nnc3C(=O)NC(O)(O)O)c2OC)s1. The van der Waals surface area contributed by atoms with E-state index in [0.29, 0.717) is 33.4 Å². The summed E-state index contributed by atoms with van der Waals surface area (Å²) in [6.07, 6.45) is -0.517. The Morgan fingerprint density at radius 2 is 1.89 bits per heavy atom. The maximum atomic E-state index is 12.6. The molecule has 38 heavy (non-hydrogen) atoms. The van der Waals surface area contributed by atoms with Gasteiger partial charge in [-0.1, -0.05) is 6.07 Å². The van der Waals surface area contributed by atoms with Crippen molar-refractivity contribution in [3.63, 3.8) is 0 Å². The third-order valence-corrected chi connectivity index (χ3v) is 6.30. The van der Waals surface area contributed by atoms with Gasteiger partial charge in [-0.2, -0.15) is 0 Å². The molecule has 2 aromatic heterocycles. The largest absolute Gasteiger partial charge is 0.494 e. The van der Waals surface area contributed by atoms with E-state index in [1.54, 1.807) is 23.5 Å². The Kier molecular flexibility index (Phi) is 7.82. The number of anilines is 3. The van der Waals surface area contributed by atoms with Crippen molar-refractivity contribution < 1.29 is 34.4 Å². The maximum absolute atomic E-state index is 12.6. The number of amides is 3. The smallest absolute Gasteiger partial charge is 0.369 e. The molecule has 3 amide bonds. The number of methoxy groups -OCH3 is 1. The van der Waals surface area contributed by atoms with Crippen LogP contribution < -0.4 is 26.0 Å². The summed E-state index contributed by atoms with van der Waals surface area (Å²) in [5.74, 6) is -1.42. The van der Waals surface area contributed by atoms with Crippen molar-refractivity contribution in [3.05, 3.63) is 41.0 Å². The molecule has 2 heterocycles. The number of nitrogens with one attached hydrogen (secondary N) is 4. The van der Waals surface area contributed by atoms with Crippen molar-refractivity contribution in [2.45, 2.75) is 25.9 Å². The van der Waals surface area contributed by atoms with Crippen LogP contribution in [0.5, 0.6) is 5.75 Å². The molecule has 4 rings (SSSR count). The fourth-order valence-corrected chi connectivity index (χ4v) is 4.28. The first-order valence-electron chi connectivity index (χ1n) is 11.5. The van der Waals surface area contributed by atoms with E-state index < -0.39 is 17.7 Å². The second kappa shape index (κ2) is 11.1. The average molecular weight is 544 g/mol. The monoisotopic (exact) mass is 543 g/mol. The third kappa shape index (κ3) is 6.38. The molecule has 200 valence electrons. The summed E-state index contributed by atoms with van der Waals surface area (Å²) in [6, 6.07) is 6.40. The van der Waals surface area contributed by atoms with E-state index in [9.17, 15) is 29.7 Å². The Bertz CT molecular complexity index is 1370. The van der Waals surface area contributed by atoms with Crippen LogP contribution in [0.1, 0.15) is 39.9 Å². The Balaban J connectivity index is 1.70. The second-order valence-electron chi connectivity index (χ2n) is 8.25. The number of hydrogen-bond acceptors (Lipinski definition) is 12. The van der Waals surface area contributed by atoms with Crippen LogP contribution in [0.4, 0.5) is 17.2 Å². The molecule has 1 fully saturated rings. The van der Waals surface area contributed by atoms with E-state index in [4.69, 9.17) is 4.74 Å². The lowest BCUT2D eigenvalue weighted by Gasteiger charge is -2.18. The van der Waals surface area contributed by atoms with Crippen LogP contribution >= 0.6 is 11.3 Å². The molecule has 0 aliphatic heterocycles. The van der Waals surface area contributed by atoms with E-state index in [-0.39, 0.29) is 29.2 Å². The molecule has 7 N–H and O–H groups in total. The minimum Gasteiger partial charge on any atom is -0.494 e. The van der Waals surface area contributed by atoms with Gasteiger partial charge in [0.05, 0.1) is 30.2 Å². The van der Waals surface area contributed by atoms with Crippen LogP contribution in [0.2, 0.25) is 0 Å². The summed E-state index contributed by atoms with van der Waals surface area (Å²) >= 11 is 1.16. The van der Waals surface area contributed by atoms with Gasteiger partial charge in [0.2, 0.25) is 5.91 Å². The fourth-order valence-electron chi connectivity index (χ4n) is 3.42. The van der Waals surface area contributed by atoms with Crippen LogP contribution in [-0.2, 0) is 4.79 Å². The van der Waals surface area contributed by atoms with E-state index >= 15 is 0 Å². The Hall–Kier alpha value is -4.18. The predicted octanol–water partition coefficient (Wildman–Crippen LogP) is 0.768. The highest BCUT2D eigenvalue weighted by molar-refractivity contribution is 7.17. The number of hydrogen-bond donors (Lipinski definition) is 7. The summed E-state index contributed by atoms with van der Waals surface area (Å²) in [7, 11) is 1.43. The Morgan fingerprint density at radius 1 is 1.13 bits per heavy atom. The Labute approximate surface area is 220 Å². The van der Waals surface area contributed by atoms with Gasteiger partial charge in [-0.05, 0) is 31.9 Å². The number of rotatable bonds is 10. The molecule has 1 saturated carbocycles. The van der Waals surface area contributed by atoms with Gasteiger partial charge in [0.25, 0.3) is 11.8 Å². The van der Waals surface area contributed by atoms with Crippen molar-refractivity contribution in [2.75, 3.05) is 24.3 Å². The zero-order valence-corrected chi connectivity index (χ0v) is 21.1. The quantitative estimate of drug-likeness (QED) is 0.178. The molecule has 0 unspecified atom stereocenters. The highest BCUT2D eigenvalue weighted by Crippen LogP contribution is 2.40. The molecule has 14 nitrogen and oxygen atoms in total. The lowest BCUT2D eigenvalue weighted by atomic mass is 10.1. The van der Waals surface area contributed by atoms with Crippen molar-refractivity contribution in [3.8, 4) is 16.3 Å². The lowest BCUT2D eigenvalue weighted by molar-refractivity contribution is -0.323. The summed E-state index contributed by atoms with van der Waals surface area (Å²) in [5, 5.41) is 45.6. The molecule has 0 spiro atoms. The van der Waals surface area contributed by atoms with Crippen LogP contribution in [0.25, 0.3) is 10.6 Å². The number of benzene rings is 1. The Morgan fingerprint density at radius 3 is 2.55 bits per heavy atom. The van der Waals surface area contributed by atoms with Crippen molar-refractivity contribution in [1.82, 2.24) is 25.8 Å². The molecular formula is C23H25N7O7S. The molecule has 0 saturated heterocycles. The van der Waals surface area contributed by atoms with Crippen molar-refractivity contribution in [1.29, 1.82) is 0 Å². The van der Waals surface area contributed by atoms with Gasteiger partial charge in [-0.25, -0.2) is 4.98 Å². The number of aliphatic hydroxyl groups is 3. The van der Waals surface area contributed by atoms with Gasteiger partial charge >= 0.3 is 6.10 Å². The van der Waals surface area contributed by atoms with Gasteiger partial charge < -0.3 is 36.0 Å². The maximum Gasteiger partial charge on any atom is 0.369 e. The third-order valence-electron chi connectivity index (χ3n) is 5.28. The second-order valence-corrected chi connectivity index (χ2v) is 9.28. The minimum atomic E-state index is -3.50. The van der Waals surface area contributed by atoms with E-state index in [2.05, 4.69) is 31.1 Å². The van der Waals surface area contributed by atoms with Crippen LogP contribution in [0, 0.1) is 5.92 Å². The number of nitrogens with zero attached hydrogens (tertiary/aromatic N) is 3.